The van der Waals surface area contributed by atoms with Crippen LogP contribution in [0.15, 0.2) is 24.3 Å². The molecule has 2 heterocycles. The van der Waals surface area contributed by atoms with Crippen LogP contribution in [-0.4, -0.2) is 36.9 Å². The first-order chi connectivity index (χ1) is 9.24. The van der Waals surface area contributed by atoms with Crippen LogP contribution in [0.2, 0.25) is 0 Å². The van der Waals surface area contributed by atoms with Crippen LogP contribution < -0.4 is 10.2 Å². The molecular weight excluding hydrogens is 244 g/mol. The first kappa shape index (κ1) is 12.3. The van der Waals surface area contributed by atoms with E-state index in [2.05, 4.69) is 5.32 Å². The Hall–Kier alpha value is -1.75. The predicted octanol–water partition coefficient (Wildman–Crippen LogP) is 1.72. The van der Waals surface area contributed by atoms with Crippen molar-refractivity contribution < 1.29 is 14.6 Å². The van der Waals surface area contributed by atoms with Crippen molar-refractivity contribution in [3.63, 3.8) is 0 Å². The maximum atomic E-state index is 11.9. The van der Waals surface area contributed by atoms with Crippen molar-refractivity contribution in [1.29, 1.82) is 0 Å². The minimum Gasteiger partial charge on any atom is -0.508 e. The van der Waals surface area contributed by atoms with Crippen molar-refractivity contribution in [3.05, 3.63) is 24.3 Å². The lowest BCUT2D eigenvalue weighted by atomic mass is 9.92. The van der Waals surface area contributed by atoms with Gasteiger partial charge in [0.25, 0.3) is 0 Å². The predicted molar refractivity (Wildman–Crippen MR) is 71.3 cm³/mol. The molecule has 2 N–H and O–H groups in total. The van der Waals surface area contributed by atoms with Crippen LogP contribution in [0.5, 0.6) is 5.75 Å². The van der Waals surface area contributed by atoms with E-state index in [0.717, 1.165) is 25.9 Å². The number of piperidine rings is 1. The summed E-state index contributed by atoms with van der Waals surface area (Å²) in [6, 6.07) is 6.73. The summed E-state index contributed by atoms with van der Waals surface area (Å²) < 4.78 is 5.49. The molecule has 1 aromatic carbocycles. The van der Waals surface area contributed by atoms with Crippen LogP contribution in [0.1, 0.15) is 12.8 Å². The number of phenolic OH excluding ortho intramolecular Hbond substituents is 1. The number of phenols is 1. The summed E-state index contributed by atoms with van der Waals surface area (Å²) >= 11 is 0. The number of cyclic esters (lactones) is 1. The molecule has 2 aliphatic heterocycles. The number of hydrogen-bond donors (Lipinski definition) is 2. The van der Waals surface area contributed by atoms with Gasteiger partial charge in [0.05, 0.1) is 12.2 Å². The van der Waals surface area contributed by atoms with Gasteiger partial charge in [-0.3, -0.25) is 4.90 Å². The van der Waals surface area contributed by atoms with Gasteiger partial charge < -0.3 is 15.2 Å². The van der Waals surface area contributed by atoms with Crippen LogP contribution in [-0.2, 0) is 4.74 Å². The third-order valence-corrected chi connectivity index (χ3v) is 3.89. The van der Waals surface area contributed by atoms with Gasteiger partial charge in [0, 0.05) is 12.0 Å². The smallest absolute Gasteiger partial charge is 0.414 e. The highest BCUT2D eigenvalue weighted by Gasteiger charge is 2.37. The van der Waals surface area contributed by atoms with Crippen LogP contribution in [0, 0.1) is 5.92 Å². The highest BCUT2D eigenvalue weighted by atomic mass is 16.6. The Bertz CT molecular complexity index is 472. The molecular formula is C14H18N2O3. The lowest BCUT2D eigenvalue weighted by Crippen LogP contribution is -2.36. The van der Waals surface area contributed by atoms with Gasteiger partial charge in [-0.1, -0.05) is 6.07 Å². The first-order valence-corrected chi connectivity index (χ1v) is 6.72. The number of rotatable bonds is 2. The fourth-order valence-corrected chi connectivity index (χ4v) is 2.82. The van der Waals surface area contributed by atoms with Gasteiger partial charge in [-0.25, -0.2) is 4.79 Å². The molecule has 0 spiro atoms. The monoisotopic (exact) mass is 262 g/mol. The fraction of sp³-hybridized carbons (Fsp3) is 0.500. The lowest BCUT2D eigenvalue weighted by Gasteiger charge is -2.26. The van der Waals surface area contributed by atoms with Crippen LogP contribution in [0.4, 0.5) is 10.5 Å². The molecule has 1 amide bonds. The second kappa shape index (κ2) is 5.09. The molecule has 2 fully saturated rings. The number of carbonyl (C=O) groups is 1. The topological polar surface area (TPSA) is 61.8 Å². The standard InChI is InChI=1S/C14H18N2O3/c17-12-3-1-2-11(8-12)16-9-13(19-14(16)18)10-4-6-15-7-5-10/h1-3,8,10,13,15,17H,4-7,9H2. The van der Waals surface area contributed by atoms with Gasteiger partial charge in [0.1, 0.15) is 11.9 Å². The average Bonchev–Trinajstić information content (AvgIpc) is 2.82. The second-order valence-corrected chi connectivity index (χ2v) is 5.14. The number of hydrogen-bond acceptors (Lipinski definition) is 4. The maximum absolute atomic E-state index is 11.9. The van der Waals surface area contributed by atoms with E-state index >= 15 is 0 Å². The molecule has 1 aromatic rings. The molecule has 0 aliphatic carbocycles. The third-order valence-electron chi connectivity index (χ3n) is 3.89. The van der Waals surface area contributed by atoms with Crippen molar-refractivity contribution in [2.24, 2.45) is 5.92 Å². The number of ether oxygens (including phenoxy) is 1. The van der Waals surface area contributed by atoms with Gasteiger partial charge in [-0.2, -0.15) is 0 Å². The summed E-state index contributed by atoms with van der Waals surface area (Å²) in [6.45, 7) is 2.56. The van der Waals surface area contributed by atoms with Crippen LogP contribution in [0.3, 0.4) is 0 Å². The molecule has 0 bridgehead atoms. The first-order valence-electron chi connectivity index (χ1n) is 6.72. The Morgan fingerprint density at radius 2 is 2.11 bits per heavy atom. The molecule has 0 radical (unpaired) electrons. The Labute approximate surface area is 112 Å². The van der Waals surface area contributed by atoms with Crippen molar-refractivity contribution in [3.8, 4) is 5.75 Å². The number of nitrogens with one attached hydrogen (secondary N) is 1. The van der Waals surface area contributed by atoms with Crippen LogP contribution in [0.25, 0.3) is 0 Å². The van der Waals surface area contributed by atoms with Gasteiger partial charge in [0.2, 0.25) is 0 Å². The molecule has 0 aromatic heterocycles. The Balaban J connectivity index is 1.72. The molecule has 2 saturated heterocycles. The highest BCUT2D eigenvalue weighted by Crippen LogP contribution is 2.29. The third kappa shape index (κ3) is 2.51. The van der Waals surface area contributed by atoms with Gasteiger partial charge in [-0.05, 0) is 38.1 Å². The zero-order valence-corrected chi connectivity index (χ0v) is 10.7. The van der Waals surface area contributed by atoms with Crippen molar-refractivity contribution in [2.45, 2.75) is 18.9 Å². The van der Waals surface area contributed by atoms with E-state index in [4.69, 9.17) is 4.74 Å². The Morgan fingerprint density at radius 1 is 1.32 bits per heavy atom. The number of carbonyl (C=O) groups excluding carboxylic acids is 1. The van der Waals surface area contributed by atoms with E-state index in [-0.39, 0.29) is 17.9 Å². The Kier molecular flexibility index (Phi) is 3.29. The molecule has 0 saturated carbocycles. The van der Waals surface area contributed by atoms with E-state index in [9.17, 15) is 9.90 Å². The minimum atomic E-state index is -0.311. The summed E-state index contributed by atoms with van der Waals surface area (Å²) in [5.41, 5.74) is 0.696. The number of aromatic hydroxyl groups is 1. The summed E-state index contributed by atoms with van der Waals surface area (Å²) in [7, 11) is 0. The quantitative estimate of drug-likeness (QED) is 0.852. The summed E-state index contributed by atoms with van der Waals surface area (Å²) in [4.78, 5) is 13.5. The summed E-state index contributed by atoms with van der Waals surface area (Å²) in [5.74, 6) is 0.600. The molecule has 5 heteroatoms. The molecule has 19 heavy (non-hydrogen) atoms. The molecule has 5 nitrogen and oxygen atoms in total. The van der Waals surface area contributed by atoms with Crippen LogP contribution >= 0.6 is 0 Å². The number of amides is 1. The SMILES string of the molecule is O=C1OC(C2CCNCC2)CN1c1cccc(O)c1. The number of anilines is 1. The number of nitrogens with zero attached hydrogens (tertiary/aromatic N) is 1. The lowest BCUT2D eigenvalue weighted by molar-refractivity contribution is 0.0919. The summed E-state index contributed by atoms with van der Waals surface area (Å²) in [6.07, 6.45) is 1.75. The largest absolute Gasteiger partial charge is 0.508 e. The van der Waals surface area contributed by atoms with E-state index < -0.39 is 0 Å². The van der Waals surface area contributed by atoms with Crippen molar-refractivity contribution in [2.75, 3.05) is 24.5 Å². The van der Waals surface area contributed by atoms with Gasteiger partial charge in [0.15, 0.2) is 0 Å². The van der Waals surface area contributed by atoms with E-state index in [1.165, 1.54) is 0 Å². The van der Waals surface area contributed by atoms with E-state index in [1.54, 1.807) is 23.1 Å². The van der Waals surface area contributed by atoms with Crippen molar-refractivity contribution >= 4 is 11.8 Å². The zero-order valence-electron chi connectivity index (χ0n) is 10.7. The minimum absolute atomic E-state index is 0.0306. The average molecular weight is 262 g/mol. The van der Waals surface area contributed by atoms with E-state index in [1.807, 2.05) is 6.07 Å². The molecule has 1 unspecified atom stereocenters. The van der Waals surface area contributed by atoms with Gasteiger partial charge >= 0.3 is 6.09 Å². The summed E-state index contributed by atoms with van der Waals surface area (Å²) in [5, 5.41) is 12.8. The fourth-order valence-electron chi connectivity index (χ4n) is 2.82. The number of benzene rings is 1. The second-order valence-electron chi connectivity index (χ2n) is 5.14. The maximum Gasteiger partial charge on any atom is 0.414 e. The van der Waals surface area contributed by atoms with Crippen molar-refractivity contribution in [1.82, 2.24) is 5.32 Å². The normalized spacial score (nSPS) is 24.5. The molecule has 2 aliphatic rings. The van der Waals surface area contributed by atoms with E-state index in [0.29, 0.717) is 18.2 Å². The van der Waals surface area contributed by atoms with Gasteiger partial charge in [-0.15, -0.1) is 0 Å². The Morgan fingerprint density at radius 3 is 2.84 bits per heavy atom. The zero-order chi connectivity index (χ0) is 13.2. The molecule has 102 valence electrons. The molecule has 1 atom stereocenters. The molecule has 3 rings (SSSR count). The highest BCUT2D eigenvalue weighted by molar-refractivity contribution is 5.89.